The van der Waals surface area contributed by atoms with E-state index in [2.05, 4.69) is 20.4 Å². The zero-order chi connectivity index (χ0) is 18.6. The topological polar surface area (TPSA) is 72.7 Å². The van der Waals surface area contributed by atoms with Crippen molar-refractivity contribution >= 4 is 28.7 Å². The quantitative estimate of drug-likeness (QED) is 0.427. The number of rotatable bonds is 5. The minimum Gasteiger partial charge on any atom is -0.355 e. The summed E-state index contributed by atoms with van der Waals surface area (Å²) in [4.78, 5) is 20.6. The highest BCUT2D eigenvalue weighted by atomic mass is 32.2. The van der Waals surface area contributed by atoms with Crippen molar-refractivity contribution in [3.63, 3.8) is 0 Å². The second-order valence-corrected chi connectivity index (χ2v) is 6.84. The van der Waals surface area contributed by atoms with Gasteiger partial charge in [-0.3, -0.25) is 4.79 Å². The summed E-state index contributed by atoms with van der Waals surface area (Å²) in [6, 6.07) is 17.5. The Morgan fingerprint density at radius 1 is 1.11 bits per heavy atom. The van der Waals surface area contributed by atoms with Crippen LogP contribution in [0, 0.1) is 0 Å². The Morgan fingerprint density at radius 3 is 2.78 bits per heavy atom. The van der Waals surface area contributed by atoms with Crippen molar-refractivity contribution in [1.82, 2.24) is 25.1 Å². The van der Waals surface area contributed by atoms with Gasteiger partial charge in [0.05, 0.1) is 17.3 Å². The second kappa shape index (κ2) is 7.59. The Balaban J connectivity index is 1.60. The van der Waals surface area contributed by atoms with Crippen LogP contribution >= 0.6 is 11.8 Å². The summed E-state index contributed by atoms with van der Waals surface area (Å²) >= 11 is 1.60. The zero-order valence-corrected chi connectivity index (χ0v) is 15.5. The van der Waals surface area contributed by atoms with E-state index < -0.39 is 0 Å². The number of aromatic nitrogens is 4. The van der Waals surface area contributed by atoms with Crippen LogP contribution in [-0.4, -0.2) is 32.7 Å². The van der Waals surface area contributed by atoms with E-state index in [1.54, 1.807) is 37.4 Å². The molecule has 4 aromatic rings. The van der Waals surface area contributed by atoms with E-state index in [4.69, 9.17) is 0 Å². The fourth-order valence-corrected chi connectivity index (χ4v) is 3.70. The molecular formula is C20H17N5OS. The lowest BCUT2D eigenvalue weighted by Crippen LogP contribution is -2.17. The molecule has 1 N–H and O–H groups in total. The number of nitrogens with one attached hydrogen (secondary N) is 1. The van der Waals surface area contributed by atoms with E-state index in [0.29, 0.717) is 11.3 Å². The molecule has 0 radical (unpaired) electrons. The number of carbonyl (C=O) groups is 1. The molecule has 0 aliphatic rings. The number of benzene rings is 2. The molecule has 0 saturated carbocycles. The van der Waals surface area contributed by atoms with Gasteiger partial charge in [-0.1, -0.05) is 30.3 Å². The van der Waals surface area contributed by atoms with Gasteiger partial charge < -0.3 is 5.32 Å². The van der Waals surface area contributed by atoms with Crippen molar-refractivity contribution in [2.45, 2.75) is 10.8 Å². The Kier molecular flexibility index (Phi) is 4.84. The molecule has 0 aliphatic carbocycles. The molecule has 1 amide bonds. The number of carbonyl (C=O) groups excluding carboxylic acids is 1. The van der Waals surface area contributed by atoms with Crippen molar-refractivity contribution in [3.8, 4) is 5.69 Å². The number of amides is 1. The fourth-order valence-electron chi connectivity index (χ4n) is 2.79. The standard InChI is InChI=1S/C20H17N5OS/c1-21-19(26)15-7-5-6-14(10-15)12-27-20-17-11-24-25(18(17)22-13-23-20)16-8-3-2-4-9-16/h2-11,13H,12H2,1H3,(H,21,26). The highest BCUT2D eigenvalue weighted by molar-refractivity contribution is 7.98. The van der Waals surface area contributed by atoms with E-state index in [1.807, 2.05) is 53.2 Å². The maximum atomic E-state index is 11.8. The number of hydrogen-bond donors (Lipinski definition) is 1. The summed E-state index contributed by atoms with van der Waals surface area (Å²) in [5, 5.41) is 8.90. The monoisotopic (exact) mass is 375 g/mol. The van der Waals surface area contributed by atoms with Gasteiger partial charge in [-0.25, -0.2) is 14.6 Å². The number of thioether (sulfide) groups is 1. The molecular weight excluding hydrogens is 358 g/mol. The average molecular weight is 375 g/mol. The summed E-state index contributed by atoms with van der Waals surface area (Å²) < 4.78 is 1.81. The van der Waals surface area contributed by atoms with Gasteiger partial charge in [0.1, 0.15) is 11.4 Å². The molecule has 0 fully saturated rings. The van der Waals surface area contributed by atoms with Crippen LogP contribution in [0.25, 0.3) is 16.7 Å². The predicted octanol–water partition coefficient (Wildman–Crippen LogP) is 3.47. The fraction of sp³-hybridized carbons (Fsp3) is 0.100. The molecule has 6 nitrogen and oxygen atoms in total. The van der Waals surface area contributed by atoms with Crippen LogP contribution in [-0.2, 0) is 5.75 Å². The minimum absolute atomic E-state index is 0.0876. The molecule has 0 atom stereocenters. The van der Waals surface area contributed by atoms with Crippen molar-refractivity contribution in [2.75, 3.05) is 7.05 Å². The smallest absolute Gasteiger partial charge is 0.251 e. The van der Waals surface area contributed by atoms with Crippen LogP contribution < -0.4 is 5.32 Å². The summed E-state index contributed by atoms with van der Waals surface area (Å²) in [6.07, 6.45) is 3.36. The average Bonchev–Trinajstić information content (AvgIpc) is 3.17. The molecule has 134 valence electrons. The zero-order valence-electron chi connectivity index (χ0n) is 14.7. The highest BCUT2D eigenvalue weighted by Gasteiger charge is 2.12. The molecule has 0 spiro atoms. The normalized spacial score (nSPS) is 10.9. The van der Waals surface area contributed by atoms with Crippen molar-refractivity contribution < 1.29 is 4.79 Å². The van der Waals surface area contributed by atoms with Gasteiger partial charge >= 0.3 is 0 Å². The molecule has 27 heavy (non-hydrogen) atoms. The summed E-state index contributed by atoms with van der Waals surface area (Å²) in [5.41, 5.74) is 3.45. The molecule has 2 heterocycles. The lowest BCUT2D eigenvalue weighted by atomic mass is 10.1. The first-order valence-corrected chi connectivity index (χ1v) is 9.43. The molecule has 0 bridgehead atoms. The van der Waals surface area contributed by atoms with E-state index in [1.165, 1.54) is 0 Å². The number of para-hydroxylation sites is 1. The number of fused-ring (bicyclic) bond motifs is 1. The van der Waals surface area contributed by atoms with Gasteiger partial charge in [-0.05, 0) is 29.8 Å². The van der Waals surface area contributed by atoms with Crippen LogP contribution in [0.1, 0.15) is 15.9 Å². The van der Waals surface area contributed by atoms with Gasteiger partial charge in [0.15, 0.2) is 5.65 Å². The summed E-state index contributed by atoms with van der Waals surface area (Å²) in [5.74, 6) is 0.614. The Morgan fingerprint density at radius 2 is 1.96 bits per heavy atom. The largest absolute Gasteiger partial charge is 0.355 e. The minimum atomic E-state index is -0.0876. The van der Waals surface area contributed by atoms with Gasteiger partial charge in [0.25, 0.3) is 5.91 Å². The third kappa shape index (κ3) is 3.54. The van der Waals surface area contributed by atoms with E-state index in [0.717, 1.165) is 27.3 Å². The van der Waals surface area contributed by atoms with Crippen LogP contribution in [0.15, 0.2) is 72.1 Å². The van der Waals surface area contributed by atoms with E-state index in [-0.39, 0.29) is 5.91 Å². The van der Waals surface area contributed by atoms with Gasteiger partial charge in [0, 0.05) is 18.4 Å². The summed E-state index contributed by atoms with van der Waals surface area (Å²) in [7, 11) is 1.63. The third-order valence-corrected chi connectivity index (χ3v) is 5.20. The first-order chi connectivity index (χ1) is 13.3. The second-order valence-electron chi connectivity index (χ2n) is 5.88. The lowest BCUT2D eigenvalue weighted by molar-refractivity contribution is 0.0963. The highest BCUT2D eigenvalue weighted by Crippen LogP contribution is 2.28. The van der Waals surface area contributed by atoms with Crippen LogP contribution in [0.3, 0.4) is 0 Å². The van der Waals surface area contributed by atoms with Gasteiger partial charge in [-0.15, -0.1) is 11.8 Å². The first-order valence-electron chi connectivity index (χ1n) is 8.44. The molecule has 0 aliphatic heterocycles. The molecule has 0 unspecified atom stereocenters. The van der Waals surface area contributed by atoms with Gasteiger partial charge in [0.2, 0.25) is 0 Å². The number of hydrogen-bond acceptors (Lipinski definition) is 5. The first kappa shape index (κ1) is 17.2. The Labute approximate surface area is 160 Å². The SMILES string of the molecule is CNC(=O)c1cccc(CSc2ncnc3c2cnn3-c2ccccc2)c1. The molecule has 7 heteroatoms. The van der Waals surface area contributed by atoms with Crippen molar-refractivity contribution in [1.29, 1.82) is 0 Å². The molecule has 0 saturated heterocycles. The van der Waals surface area contributed by atoms with Crippen LogP contribution in [0.2, 0.25) is 0 Å². The molecule has 2 aromatic heterocycles. The Hall–Kier alpha value is -3.19. The Bertz CT molecular complexity index is 1090. The third-order valence-electron chi connectivity index (χ3n) is 4.12. The maximum Gasteiger partial charge on any atom is 0.251 e. The van der Waals surface area contributed by atoms with Crippen molar-refractivity contribution in [3.05, 3.63) is 78.2 Å². The van der Waals surface area contributed by atoms with Crippen LogP contribution in [0.4, 0.5) is 0 Å². The van der Waals surface area contributed by atoms with E-state index in [9.17, 15) is 4.79 Å². The number of nitrogens with zero attached hydrogens (tertiary/aromatic N) is 4. The molecule has 2 aromatic carbocycles. The maximum absolute atomic E-state index is 11.8. The van der Waals surface area contributed by atoms with E-state index >= 15 is 0 Å². The molecule has 4 rings (SSSR count). The lowest BCUT2D eigenvalue weighted by Gasteiger charge is -2.06. The summed E-state index contributed by atoms with van der Waals surface area (Å²) in [6.45, 7) is 0. The predicted molar refractivity (Wildman–Crippen MR) is 106 cm³/mol. The van der Waals surface area contributed by atoms with Gasteiger partial charge in [-0.2, -0.15) is 5.10 Å². The van der Waals surface area contributed by atoms with Crippen LogP contribution in [0.5, 0.6) is 0 Å². The van der Waals surface area contributed by atoms with Crippen molar-refractivity contribution in [2.24, 2.45) is 0 Å².